The topological polar surface area (TPSA) is 83.5 Å². The van der Waals surface area contributed by atoms with E-state index in [0.29, 0.717) is 6.42 Å². The summed E-state index contributed by atoms with van der Waals surface area (Å²) in [5, 5.41) is 8.28. The number of aliphatic carboxylic acids is 1. The lowest BCUT2D eigenvalue weighted by Gasteiger charge is -2.03. The van der Waals surface area contributed by atoms with Gasteiger partial charge in [0.1, 0.15) is 0 Å². The minimum absolute atomic E-state index is 0.112. The third kappa shape index (κ3) is 7.58. The Labute approximate surface area is 83.6 Å². The molecule has 0 aromatic rings. The number of carbonyl (C=O) groups is 1. The molecule has 0 amide bonds. The van der Waals surface area contributed by atoms with Crippen LogP contribution >= 0.6 is 0 Å². The van der Waals surface area contributed by atoms with E-state index < -0.39 is 16.0 Å². The van der Waals surface area contributed by atoms with E-state index in [2.05, 4.69) is 10.6 Å². The predicted octanol–water partition coefficient (Wildman–Crippen LogP) is -0.206. The average Bonchev–Trinajstić information content (AvgIpc) is 2.03. The van der Waals surface area contributed by atoms with Crippen LogP contribution in [0.3, 0.4) is 0 Å². The molecule has 14 heavy (non-hydrogen) atoms. The van der Waals surface area contributed by atoms with Gasteiger partial charge in [-0.25, -0.2) is 13.1 Å². The van der Waals surface area contributed by atoms with Crippen LogP contribution < -0.4 is 4.72 Å². The molecular formula is C8H13NO4S. The standard InChI is InChI=1S/C8H13NO4S/c1-2-3-6-9-14(12,13)7-4-5-8(10)11/h1,9H,3-7H2,(H,10,11). The van der Waals surface area contributed by atoms with Crippen LogP contribution in [0.15, 0.2) is 0 Å². The lowest BCUT2D eigenvalue weighted by atomic mass is 10.3. The maximum Gasteiger partial charge on any atom is 0.303 e. The molecular weight excluding hydrogens is 206 g/mol. The average molecular weight is 219 g/mol. The van der Waals surface area contributed by atoms with E-state index in [0.717, 1.165) is 0 Å². The summed E-state index contributed by atoms with van der Waals surface area (Å²) < 4.78 is 24.5. The fraction of sp³-hybridized carbons (Fsp3) is 0.625. The van der Waals surface area contributed by atoms with Crippen molar-refractivity contribution in [2.75, 3.05) is 12.3 Å². The Morgan fingerprint density at radius 2 is 2.14 bits per heavy atom. The Hall–Kier alpha value is -1.06. The summed E-state index contributed by atoms with van der Waals surface area (Å²) in [6.07, 6.45) is 5.24. The minimum atomic E-state index is -3.36. The number of terminal acetylenes is 1. The van der Waals surface area contributed by atoms with Crippen LogP contribution in [0.4, 0.5) is 0 Å². The Balaban J connectivity index is 3.74. The Bertz CT molecular complexity index is 315. The molecule has 5 nitrogen and oxygen atoms in total. The molecule has 6 heteroatoms. The van der Waals surface area contributed by atoms with Crippen molar-refractivity contribution < 1.29 is 18.3 Å². The number of sulfonamides is 1. The monoisotopic (exact) mass is 219 g/mol. The number of carboxylic acid groups (broad SMARTS) is 1. The maximum atomic E-state index is 11.1. The van der Waals surface area contributed by atoms with Crippen molar-refractivity contribution in [2.24, 2.45) is 0 Å². The van der Waals surface area contributed by atoms with Gasteiger partial charge in [0.15, 0.2) is 0 Å². The van der Waals surface area contributed by atoms with E-state index >= 15 is 0 Å². The summed E-state index contributed by atoms with van der Waals surface area (Å²) in [5.41, 5.74) is 0. The van der Waals surface area contributed by atoms with Gasteiger partial charge in [-0.3, -0.25) is 4.79 Å². The number of nitrogens with one attached hydrogen (secondary N) is 1. The number of hydrogen-bond acceptors (Lipinski definition) is 3. The zero-order valence-electron chi connectivity index (χ0n) is 7.69. The third-order valence-corrected chi connectivity index (χ3v) is 2.87. The van der Waals surface area contributed by atoms with Gasteiger partial charge in [-0.1, -0.05) is 0 Å². The van der Waals surface area contributed by atoms with E-state index in [1.54, 1.807) is 0 Å². The number of rotatable bonds is 7. The fourth-order valence-corrected chi connectivity index (χ4v) is 1.85. The first-order valence-corrected chi connectivity index (χ1v) is 5.76. The van der Waals surface area contributed by atoms with Crippen LogP contribution in [0, 0.1) is 12.3 Å². The van der Waals surface area contributed by atoms with Crippen molar-refractivity contribution >= 4 is 16.0 Å². The largest absolute Gasteiger partial charge is 0.481 e. The highest BCUT2D eigenvalue weighted by Crippen LogP contribution is 1.94. The first-order chi connectivity index (χ1) is 6.48. The maximum absolute atomic E-state index is 11.1. The molecule has 0 aromatic carbocycles. The van der Waals surface area contributed by atoms with Crippen LogP contribution in [-0.2, 0) is 14.8 Å². The van der Waals surface area contributed by atoms with Gasteiger partial charge in [0.2, 0.25) is 10.0 Å². The summed E-state index contributed by atoms with van der Waals surface area (Å²) in [7, 11) is -3.36. The van der Waals surface area contributed by atoms with Gasteiger partial charge >= 0.3 is 5.97 Å². The van der Waals surface area contributed by atoms with Crippen molar-refractivity contribution in [3.63, 3.8) is 0 Å². The van der Waals surface area contributed by atoms with Crippen molar-refractivity contribution in [3.05, 3.63) is 0 Å². The van der Waals surface area contributed by atoms with E-state index in [1.807, 2.05) is 0 Å². The minimum Gasteiger partial charge on any atom is -0.481 e. The first-order valence-electron chi connectivity index (χ1n) is 4.10. The van der Waals surface area contributed by atoms with Crippen molar-refractivity contribution in [1.82, 2.24) is 4.72 Å². The fourth-order valence-electron chi connectivity index (χ4n) is 0.764. The second-order valence-electron chi connectivity index (χ2n) is 2.66. The normalized spacial score (nSPS) is 10.8. The van der Waals surface area contributed by atoms with Gasteiger partial charge in [0, 0.05) is 19.4 Å². The quantitative estimate of drug-likeness (QED) is 0.458. The van der Waals surface area contributed by atoms with Crippen LogP contribution in [0.5, 0.6) is 0 Å². The Morgan fingerprint density at radius 3 is 2.64 bits per heavy atom. The molecule has 0 fully saturated rings. The van der Waals surface area contributed by atoms with Crippen molar-refractivity contribution in [2.45, 2.75) is 19.3 Å². The molecule has 0 saturated heterocycles. The van der Waals surface area contributed by atoms with E-state index in [4.69, 9.17) is 11.5 Å². The lowest BCUT2D eigenvalue weighted by Crippen LogP contribution is -2.27. The van der Waals surface area contributed by atoms with Crippen LogP contribution in [-0.4, -0.2) is 31.8 Å². The molecule has 0 spiro atoms. The van der Waals surface area contributed by atoms with Crippen LogP contribution in [0.1, 0.15) is 19.3 Å². The highest BCUT2D eigenvalue weighted by atomic mass is 32.2. The highest BCUT2D eigenvalue weighted by molar-refractivity contribution is 7.89. The summed E-state index contributed by atoms with van der Waals surface area (Å²) in [6.45, 7) is 0.200. The molecule has 0 atom stereocenters. The zero-order chi connectivity index (χ0) is 11.0. The van der Waals surface area contributed by atoms with E-state index in [9.17, 15) is 13.2 Å². The number of hydrogen-bond donors (Lipinski definition) is 2. The SMILES string of the molecule is C#CCCNS(=O)(=O)CCCC(=O)O. The molecule has 0 heterocycles. The summed E-state index contributed by atoms with van der Waals surface area (Å²) in [4.78, 5) is 10.1. The zero-order valence-corrected chi connectivity index (χ0v) is 8.51. The molecule has 0 radical (unpaired) electrons. The second kappa shape index (κ2) is 6.40. The van der Waals surface area contributed by atoms with Gasteiger partial charge in [-0.05, 0) is 6.42 Å². The smallest absolute Gasteiger partial charge is 0.303 e. The lowest BCUT2D eigenvalue weighted by molar-refractivity contribution is -0.137. The molecule has 80 valence electrons. The molecule has 0 aromatic heterocycles. The van der Waals surface area contributed by atoms with E-state index in [1.165, 1.54) is 0 Å². The van der Waals surface area contributed by atoms with Gasteiger partial charge in [-0.15, -0.1) is 12.3 Å². The van der Waals surface area contributed by atoms with Gasteiger partial charge in [-0.2, -0.15) is 0 Å². The molecule has 0 aliphatic heterocycles. The van der Waals surface area contributed by atoms with Crippen molar-refractivity contribution in [3.8, 4) is 12.3 Å². The van der Waals surface area contributed by atoms with Crippen LogP contribution in [0.2, 0.25) is 0 Å². The number of carboxylic acids is 1. The van der Waals surface area contributed by atoms with Gasteiger partial charge in [0.25, 0.3) is 0 Å². The molecule has 0 rings (SSSR count). The Morgan fingerprint density at radius 1 is 1.50 bits per heavy atom. The molecule has 0 bridgehead atoms. The molecule has 2 N–H and O–H groups in total. The predicted molar refractivity (Wildman–Crippen MR) is 52.1 cm³/mol. The van der Waals surface area contributed by atoms with Gasteiger partial charge in [0.05, 0.1) is 5.75 Å². The van der Waals surface area contributed by atoms with E-state index in [-0.39, 0.29) is 25.1 Å². The highest BCUT2D eigenvalue weighted by Gasteiger charge is 2.09. The molecule has 0 aliphatic carbocycles. The van der Waals surface area contributed by atoms with Crippen LogP contribution in [0.25, 0.3) is 0 Å². The third-order valence-electron chi connectivity index (χ3n) is 1.40. The summed E-state index contributed by atoms with van der Waals surface area (Å²) >= 11 is 0. The summed E-state index contributed by atoms with van der Waals surface area (Å²) in [5.74, 6) is 1.12. The molecule has 0 unspecified atom stereocenters. The molecule has 0 aliphatic rings. The second-order valence-corrected chi connectivity index (χ2v) is 4.59. The summed E-state index contributed by atoms with van der Waals surface area (Å²) in [6, 6.07) is 0. The van der Waals surface area contributed by atoms with Gasteiger partial charge < -0.3 is 5.11 Å². The Kier molecular flexibility index (Phi) is 5.92. The first kappa shape index (κ1) is 12.9. The van der Waals surface area contributed by atoms with Crippen molar-refractivity contribution in [1.29, 1.82) is 0 Å². The molecule has 0 saturated carbocycles.